The zero-order valence-electron chi connectivity index (χ0n) is 22.9. The number of benzene rings is 7. The second kappa shape index (κ2) is 9.31. The smallest absolute Gasteiger partial charge is 0.140 e. The largest absolute Gasteiger partial charge is 0.455 e. The van der Waals surface area contributed by atoms with Gasteiger partial charge in [-0.3, -0.25) is 0 Å². The minimum atomic E-state index is -0.652. The third kappa shape index (κ3) is 3.45. The summed E-state index contributed by atoms with van der Waals surface area (Å²) in [6.07, 6.45) is 0. The highest BCUT2D eigenvalue weighted by Crippen LogP contribution is 2.64. The molecule has 0 saturated carbocycles. The molecule has 0 unspecified atom stereocenters. The van der Waals surface area contributed by atoms with E-state index in [2.05, 4.69) is 176 Å². The highest BCUT2D eigenvalue weighted by Gasteiger charge is 2.52. The van der Waals surface area contributed by atoms with Crippen molar-refractivity contribution in [1.82, 2.24) is 0 Å². The third-order valence-corrected chi connectivity index (χ3v) is 9.98. The van der Waals surface area contributed by atoms with E-state index in [4.69, 9.17) is 4.74 Å². The Kier molecular flexibility index (Phi) is 5.44. The van der Waals surface area contributed by atoms with Gasteiger partial charge in [-0.1, -0.05) is 123 Å². The van der Waals surface area contributed by atoms with Crippen LogP contribution in [0.1, 0.15) is 22.3 Å². The summed E-state index contributed by atoms with van der Waals surface area (Å²) in [6, 6.07) is 50.2. The van der Waals surface area contributed by atoms with Gasteiger partial charge in [-0.15, -0.1) is 0 Å². The van der Waals surface area contributed by atoms with Gasteiger partial charge in [0.2, 0.25) is 0 Å². The standard InChI is InChI=1S/C39H23Br2NO/c40-26-16-20-35-33(22-26)39(34-23-27(41)17-21-36(34)42(35)28-10-2-1-3-11-28)31-18-14-24-8-4-6-12-29(24)37(31)43-38-30-13-7-5-9-25(30)15-19-32(38)39/h1-23H. The van der Waals surface area contributed by atoms with Gasteiger partial charge < -0.3 is 9.64 Å². The molecule has 7 aromatic carbocycles. The van der Waals surface area contributed by atoms with Crippen molar-refractivity contribution in [3.8, 4) is 11.5 Å². The van der Waals surface area contributed by atoms with E-state index in [1.54, 1.807) is 0 Å². The molecule has 0 saturated heterocycles. The number of hydrogen-bond acceptors (Lipinski definition) is 2. The van der Waals surface area contributed by atoms with Crippen LogP contribution >= 0.6 is 31.9 Å². The van der Waals surface area contributed by atoms with E-state index < -0.39 is 5.41 Å². The maximum absolute atomic E-state index is 7.10. The first-order valence-corrected chi connectivity index (χ1v) is 15.9. The van der Waals surface area contributed by atoms with Crippen LogP contribution in [0.4, 0.5) is 17.1 Å². The Bertz CT molecular complexity index is 2120. The molecule has 0 amide bonds. The van der Waals surface area contributed by atoms with E-state index in [-0.39, 0.29) is 0 Å². The minimum absolute atomic E-state index is 0.652. The van der Waals surface area contributed by atoms with Crippen molar-refractivity contribution < 1.29 is 4.74 Å². The van der Waals surface area contributed by atoms with E-state index in [0.717, 1.165) is 70.2 Å². The average Bonchev–Trinajstić information content (AvgIpc) is 3.05. The van der Waals surface area contributed by atoms with Gasteiger partial charge in [-0.05, 0) is 70.4 Å². The molecule has 0 N–H and O–H groups in total. The molecular weight excluding hydrogens is 658 g/mol. The molecule has 2 nitrogen and oxygen atoms in total. The number of hydrogen-bond donors (Lipinski definition) is 0. The van der Waals surface area contributed by atoms with Crippen molar-refractivity contribution in [3.05, 3.63) is 171 Å². The average molecular weight is 681 g/mol. The molecule has 0 aromatic heterocycles. The molecule has 0 radical (unpaired) electrons. The zero-order valence-corrected chi connectivity index (χ0v) is 26.1. The molecule has 2 heterocycles. The molecule has 204 valence electrons. The number of anilines is 3. The summed E-state index contributed by atoms with van der Waals surface area (Å²) >= 11 is 7.74. The quantitative estimate of drug-likeness (QED) is 0.171. The maximum atomic E-state index is 7.10. The number of rotatable bonds is 1. The summed E-state index contributed by atoms with van der Waals surface area (Å²) in [6.45, 7) is 0. The van der Waals surface area contributed by atoms with E-state index in [9.17, 15) is 0 Å². The summed E-state index contributed by atoms with van der Waals surface area (Å²) in [4.78, 5) is 2.39. The maximum Gasteiger partial charge on any atom is 0.140 e. The van der Waals surface area contributed by atoms with Crippen LogP contribution in [0.3, 0.4) is 0 Å². The van der Waals surface area contributed by atoms with E-state index in [1.165, 1.54) is 11.1 Å². The zero-order chi connectivity index (χ0) is 28.7. The predicted molar refractivity (Wildman–Crippen MR) is 183 cm³/mol. The first-order chi connectivity index (χ1) is 21.1. The second-order valence-corrected chi connectivity index (χ2v) is 13.0. The summed E-state index contributed by atoms with van der Waals surface area (Å²) in [5.41, 5.74) is 7.43. The van der Waals surface area contributed by atoms with Gasteiger partial charge in [0.25, 0.3) is 0 Å². The van der Waals surface area contributed by atoms with Crippen molar-refractivity contribution in [2.45, 2.75) is 5.41 Å². The fraction of sp³-hybridized carbons (Fsp3) is 0.0256. The monoisotopic (exact) mass is 679 g/mol. The number of para-hydroxylation sites is 1. The Morgan fingerprint density at radius 1 is 0.465 bits per heavy atom. The van der Waals surface area contributed by atoms with Gasteiger partial charge in [0.05, 0.1) is 16.8 Å². The van der Waals surface area contributed by atoms with Gasteiger partial charge in [-0.25, -0.2) is 0 Å². The molecule has 2 aliphatic rings. The molecule has 0 fully saturated rings. The van der Waals surface area contributed by atoms with Crippen LogP contribution in [0.15, 0.2) is 148 Å². The molecule has 4 heteroatoms. The first kappa shape index (κ1) is 25.1. The van der Waals surface area contributed by atoms with Crippen molar-refractivity contribution in [2.24, 2.45) is 0 Å². The normalized spacial score (nSPS) is 14.1. The first-order valence-electron chi connectivity index (χ1n) is 14.3. The molecule has 9 rings (SSSR count). The van der Waals surface area contributed by atoms with Gasteiger partial charge in [0.1, 0.15) is 11.5 Å². The van der Waals surface area contributed by atoms with Crippen LogP contribution in [0.5, 0.6) is 11.5 Å². The highest BCUT2D eigenvalue weighted by atomic mass is 79.9. The summed E-state index contributed by atoms with van der Waals surface area (Å²) in [7, 11) is 0. The molecule has 0 bridgehead atoms. The van der Waals surface area contributed by atoms with Crippen LogP contribution in [0, 0.1) is 0 Å². The highest BCUT2D eigenvalue weighted by molar-refractivity contribution is 9.10. The number of fused-ring (bicyclic) bond motifs is 12. The lowest BCUT2D eigenvalue weighted by atomic mass is 9.60. The van der Waals surface area contributed by atoms with E-state index >= 15 is 0 Å². The lowest BCUT2D eigenvalue weighted by Crippen LogP contribution is -2.40. The second-order valence-electron chi connectivity index (χ2n) is 11.2. The number of halogens is 2. The summed E-state index contributed by atoms with van der Waals surface area (Å²) in [5.74, 6) is 1.82. The van der Waals surface area contributed by atoms with Crippen molar-refractivity contribution in [3.63, 3.8) is 0 Å². The third-order valence-electron chi connectivity index (χ3n) is 8.99. The molecule has 0 atom stereocenters. The van der Waals surface area contributed by atoms with Crippen LogP contribution < -0.4 is 9.64 Å². The predicted octanol–water partition coefficient (Wildman–Crippen LogP) is 11.8. The van der Waals surface area contributed by atoms with Crippen LogP contribution in [-0.2, 0) is 5.41 Å². The van der Waals surface area contributed by atoms with Crippen molar-refractivity contribution in [1.29, 1.82) is 0 Å². The Balaban J connectivity index is 1.52. The lowest BCUT2D eigenvalue weighted by molar-refractivity contribution is 0.444. The fourth-order valence-electron chi connectivity index (χ4n) is 7.26. The van der Waals surface area contributed by atoms with Crippen LogP contribution in [-0.4, -0.2) is 0 Å². The molecule has 1 spiro atoms. The molecular formula is C39H23Br2NO. The fourth-order valence-corrected chi connectivity index (χ4v) is 7.98. The summed E-state index contributed by atoms with van der Waals surface area (Å²) < 4.78 is 9.17. The van der Waals surface area contributed by atoms with Crippen LogP contribution in [0.2, 0.25) is 0 Å². The van der Waals surface area contributed by atoms with Crippen molar-refractivity contribution in [2.75, 3.05) is 4.90 Å². The molecule has 7 aromatic rings. The van der Waals surface area contributed by atoms with Gasteiger partial charge in [0.15, 0.2) is 0 Å². The lowest BCUT2D eigenvalue weighted by Gasteiger charge is -2.49. The Morgan fingerprint density at radius 2 is 0.953 bits per heavy atom. The minimum Gasteiger partial charge on any atom is -0.455 e. The van der Waals surface area contributed by atoms with Gasteiger partial charge >= 0.3 is 0 Å². The topological polar surface area (TPSA) is 12.5 Å². The molecule has 43 heavy (non-hydrogen) atoms. The van der Waals surface area contributed by atoms with E-state index in [1.807, 2.05) is 0 Å². The molecule has 2 aliphatic heterocycles. The number of ether oxygens (including phenoxy) is 1. The Hall–Kier alpha value is -4.38. The Morgan fingerprint density at radius 3 is 1.49 bits per heavy atom. The Labute approximate surface area is 266 Å². The van der Waals surface area contributed by atoms with Crippen molar-refractivity contribution >= 4 is 70.5 Å². The SMILES string of the molecule is Brc1ccc2c(c1)C1(c3cc(Br)ccc3N2c2ccccc2)c2ccc3ccccc3c2Oc2c1ccc1ccccc21. The molecule has 0 aliphatic carbocycles. The summed E-state index contributed by atoms with van der Waals surface area (Å²) in [5, 5.41) is 4.53. The number of nitrogens with zero attached hydrogens (tertiary/aromatic N) is 1. The van der Waals surface area contributed by atoms with Gasteiger partial charge in [0, 0.05) is 36.5 Å². The van der Waals surface area contributed by atoms with E-state index in [0.29, 0.717) is 0 Å². The van der Waals surface area contributed by atoms with Crippen LogP contribution in [0.25, 0.3) is 21.5 Å². The van der Waals surface area contributed by atoms with Gasteiger partial charge in [-0.2, -0.15) is 0 Å².